The van der Waals surface area contributed by atoms with Gasteiger partial charge in [-0.05, 0) is 6.07 Å². The number of aliphatic carboxylic acids is 1. The van der Waals surface area contributed by atoms with Crippen LogP contribution >= 0.6 is 11.8 Å². The summed E-state index contributed by atoms with van der Waals surface area (Å²) in [6.45, 7) is 0. The number of nitrogens with one attached hydrogen (secondary N) is 2. The molecule has 11 heteroatoms. The molecule has 1 heterocycles. The standard InChI is InChI=1S/C14H15N3O7S/c1-24-10-3-2-7(17(22)23)4-8(10)15-12(18)5-11-13(19)16-9(6-25-11)14(20)21/h2-4,9,11H,5-6H2,1H3,(H,15,18)(H,16,19)(H,20,21). The van der Waals surface area contributed by atoms with E-state index < -0.39 is 34.0 Å². The van der Waals surface area contributed by atoms with Crippen molar-refractivity contribution in [1.29, 1.82) is 0 Å². The Morgan fingerprint density at radius 1 is 1.52 bits per heavy atom. The van der Waals surface area contributed by atoms with Crippen LogP contribution in [0.1, 0.15) is 6.42 Å². The summed E-state index contributed by atoms with van der Waals surface area (Å²) < 4.78 is 5.05. The van der Waals surface area contributed by atoms with E-state index in [0.29, 0.717) is 0 Å². The van der Waals surface area contributed by atoms with Crippen LogP contribution in [0.3, 0.4) is 0 Å². The normalized spacial score (nSPS) is 19.6. The van der Waals surface area contributed by atoms with Crippen molar-refractivity contribution in [3.05, 3.63) is 28.3 Å². The maximum atomic E-state index is 12.1. The molecule has 1 aliphatic heterocycles. The lowest BCUT2D eigenvalue weighted by Crippen LogP contribution is -2.51. The summed E-state index contributed by atoms with van der Waals surface area (Å²) in [7, 11) is 1.35. The molecule has 1 fully saturated rings. The van der Waals surface area contributed by atoms with Crippen LogP contribution in [0.25, 0.3) is 0 Å². The molecule has 1 saturated heterocycles. The second kappa shape index (κ2) is 7.83. The summed E-state index contributed by atoms with van der Waals surface area (Å²) in [6.07, 6.45) is -0.200. The second-order valence-corrected chi connectivity index (χ2v) is 6.35. The highest BCUT2D eigenvalue weighted by molar-refractivity contribution is 8.00. The van der Waals surface area contributed by atoms with Crippen LogP contribution in [-0.4, -0.2) is 52.0 Å². The van der Waals surface area contributed by atoms with E-state index in [9.17, 15) is 24.5 Å². The first kappa shape index (κ1) is 18.5. The average molecular weight is 369 g/mol. The molecule has 1 aliphatic rings. The molecule has 2 rings (SSSR count). The lowest BCUT2D eigenvalue weighted by molar-refractivity contribution is -0.384. The summed E-state index contributed by atoms with van der Waals surface area (Å²) >= 11 is 1.07. The molecule has 0 radical (unpaired) electrons. The van der Waals surface area contributed by atoms with Gasteiger partial charge in [-0.3, -0.25) is 19.7 Å². The van der Waals surface area contributed by atoms with Crippen LogP contribution in [0, 0.1) is 10.1 Å². The highest BCUT2D eigenvalue weighted by Gasteiger charge is 2.33. The van der Waals surface area contributed by atoms with Crippen LogP contribution in [0.15, 0.2) is 18.2 Å². The zero-order valence-corrected chi connectivity index (χ0v) is 13.9. The Hall–Kier alpha value is -2.82. The van der Waals surface area contributed by atoms with Crippen molar-refractivity contribution in [3.8, 4) is 5.75 Å². The molecule has 0 saturated carbocycles. The molecule has 2 unspecified atom stereocenters. The zero-order chi connectivity index (χ0) is 18.6. The number of hydrogen-bond donors (Lipinski definition) is 3. The van der Waals surface area contributed by atoms with Gasteiger partial charge in [-0.25, -0.2) is 4.79 Å². The van der Waals surface area contributed by atoms with Crippen molar-refractivity contribution in [2.45, 2.75) is 17.7 Å². The van der Waals surface area contributed by atoms with Crippen molar-refractivity contribution >= 4 is 40.9 Å². The third-order valence-corrected chi connectivity index (χ3v) is 4.72. The number of nitro benzene ring substituents is 1. The Kier molecular flexibility index (Phi) is 5.80. The number of rotatable bonds is 6. The predicted molar refractivity (Wildman–Crippen MR) is 88.7 cm³/mol. The van der Waals surface area contributed by atoms with E-state index in [4.69, 9.17) is 9.84 Å². The zero-order valence-electron chi connectivity index (χ0n) is 13.1. The Morgan fingerprint density at radius 2 is 2.24 bits per heavy atom. The first-order chi connectivity index (χ1) is 11.8. The molecule has 0 aliphatic carbocycles. The average Bonchev–Trinajstić information content (AvgIpc) is 2.56. The largest absolute Gasteiger partial charge is 0.495 e. The van der Waals surface area contributed by atoms with E-state index in [2.05, 4.69) is 10.6 Å². The molecule has 3 N–H and O–H groups in total. The molecule has 25 heavy (non-hydrogen) atoms. The molecular weight excluding hydrogens is 354 g/mol. The van der Waals surface area contributed by atoms with E-state index in [1.165, 1.54) is 19.2 Å². The molecule has 1 aromatic carbocycles. The first-order valence-corrected chi connectivity index (χ1v) is 8.13. The minimum Gasteiger partial charge on any atom is -0.495 e. The Morgan fingerprint density at radius 3 is 2.80 bits per heavy atom. The topological polar surface area (TPSA) is 148 Å². The lowest BCUT2D eigenvalue weighted by Gasteiger charge is -2.25. The predicted octanol–water partition coefficient (Wildman–Crippen LogP) is 0.617. The van der Waals surface area contributed by atoms with Gasteiger partial charge in [0, 0.05) is 24.3 Å². The Bertz CT molecular complexity index is 724. The van der Waals surface area contributed by atoms with Crippen molar-refractivity contribution in [2.24, 2.45) is 0 Å². The van der Waals surface area contributed by atoms with Gasteiger partial charge in [0.1, 0.15) is 11.8 Å². The van der Waals surface area contributed by atoms with Crippen LogP contribution in [0.4, 0.5) is 11.4 Å². The highest BCUT2D eigenvalue weighted by Crippen LogP contribution is 2.29. The number of amides is 2. The number of nitrogens with zero attached hydrogens (tertiary/aromatic N) is 1. The third-order valence-electron chi connectivity index (χ3n) is 3.41. The number of carboxylic acid groups (broad SMARTS) is 1. The molecule has 1 aromatic rings. The highest BCUT2D eigenvalue weighted by atomic mass is 32.2. The van der Waals surface area contributed by atoms with Crippen molar-refractivity contribution < 1.29 is 29.2 Å². The van der Waals surface area contributed by atoms with E-state index in [1.807, 2.05) is 0 Å². The summed E-state index contributed by atoms with van der Waals surface area (Å²) in [5, 5.41) is 23.8. The van der Waals surface area contributed by atoms with Crippen molar-refractivity contribution in [1.82, 2.24) is 5.32 Å². The van der Waals surface area contributed by atoms with E-state index in [1.54, 1.807) is 0 Å². The monoisotopic (exact) mass is 369 g/mol. The number of thioether (sulfide) groups is 1. The number of anilines is 1. The number of methoxy groups -OCH3 is 1. The van der Waals surface area contributed by atoms with Crippen molar-refractivity contribution in [2.75, 3.05) is 18.2 Å². The van der Waals surface area contributed by atoms with Gasteiger partial charge in [0.05, 0.1) is 23.0 Å². The minimum atomic E-state index is -1.13. The molecule has 2 atom stereocenters. The minimum absolute atomic E-state index is 0.117. The number of carboxylic acids is 1. The molecule has 2 amide bonds. The van der Waals surface area contributed by atoms with Crippen LogP contribution in [-0.2, 0) is 14.4 Å². The molecule has 0 bridgehead atoms. The summed E-state index contributed by atoms with van der Waals surface area (Å²) in [5.74, 6) is -1.82. The lowest BCUT2D eigenvalue weighted by atomic mass is 10.2. The first-order valence-electron chi connectivity index (χ1n) is 7.09. The molecule has 0 aromatic heterocycles. The van der Waals surface area contributed by atoms with Gasteiger partial charge in [0.25, 0.3) is 5.69 Å². The van der Waals surface area contributed by atoms with E-state index >= 15 is 0 Å². The molecule has 10 nitrogen and oxygen atoms in total. The number of ether oxygens (including phenoxy) is 1. The van der Waals surface area contributed by atoms with Gasteiger partial charge in [-0.15, -0.1) is 11.8 Å². The van der Waals surface area contributed by atoms with Gasteiger partial charge in [0.15, 0.2) is 0 Å². The molecule has 134 valence electrons. The number of nitro groups is 1. The summed E-state index contributed by atoms with van der Waals surface area (Å²) in [5.41, 5.74) is -0.100. The van der Waals surface area contributed by atoms with Gasteiger partial charge in [-0.1, -0.05) is 0 Å². The van der Waals surface area contributed by atoms with Gasteiger partial charge >= 0.3 is 5.97 Å². The fraction of sp³-hybridized carbons (Fsp3) is 0.357. The second-order valence-electron chi connectivity index (χ2n) is 5.12. The van der Waals surface area contributed by atoms with E-state index in [0.717, 1.165) is 17.8 Å². The van der Waals surface area contributed by atoms with Crippen LogP contribution in [0.5, 0.6) is 5.75 Å². The molecular formula is C14H15N3O7S. The number of hydrogen-bond acceptors (Lipinski definition) is 7. The number of carbonyl (C=O) groups excluding carboxylic acids is 2. The fourth-order valence-corrected chi connectivity index (χ4v) is 3.30. The van der Waals surface area contributed by atoms with Gasteiger partial charge < -0.3 is 20.5 Å². The number of benzene rings is 1. The smallest absolute Gasteiger partial charge is 0.327 e. The Balaban J connectivity index is 2.03. The molecule has 0 spiro atoms. The van der Waals surface area contributed by atoms with Crippen molar-refractivity contribution in [3.63, 3.8) is 0 Å². The maximum absolute atomic E-state index is 12.1. The van der Waals surface area contributed by atoms with Crippen LogP contribution in [0.2, 0.25) is 0 Å². The van der Waals surface area contributed by atoms with Gasteiger partial charge in [0.2, 0.25) is 11.8 Å². The Labute approximate surface area is 146 Å². The fourth-order valence-electron chi connectivity index (χ4n) is 2.16. The summed E-state index contributed by atoms with van der Waals surface area (Å²) in [4.78, 5) is 45.1. The van der Waals surface area contributed by atoms with Crippen LogP contribution < -0.4 is 15.4 Å². The summed E-state index contributed by atoms with van der Waals surface area (Å²) in [6, 6.07) is 2.78. The number of carbonyl (C=O) groups is 3. The third kappa shape index (κ3) is 4.59. The number of non-ortho nitro benzene ring substituents is 1. The van der Waals surface area contributed by atoms with Gasteiger partial charge in [-0.2, -0.15) is 0 Å². The quantitative estimate of drug-likeness (QED) is 0.488. The maximum Gasteiger partial charge on any atom is 0.327 e. The SMILES string of the molecule is COc1ccc([N+](=O)[O-])cc1NC(=O)CC1SCC(C(=O)O)NC1=O. The van der Waals surface area contributed by atoms with E-state index in [-0.39, 0.29) is 29.3 Å².